The third kappa shape index (κ3) is 4.48. The molecule has 0 aliphatic heterocycles. The number of halogens is 1. The standard InChI is InChI=1S/C19H28N2O.ClH/c20-13-18(15-7-1-2-8-15)21-19(22)12-16-10-5-9-14-6-3-4-11-17(14)16;/h3-4,6,11,15-16,18H,1-2,5,7-10,12-13,20H2,(H,21,22);1H. The Morgan fingerprint density at radius 1 is 1.17 bits per heavy atom. The second kappa shape index (κ2) is 8.70. The van der Waals surface area contributed by atoms with Gasteiger partial charge in [-0.15, -0.1) is 12.4 Å². The molecule has 3 nitrogen and oxygen atoms in total. The molecule has 0 heterocycles. The number of hydrogen-bond acceptors (Lipinski definition) is 2. The highest BCUT2D eigenvalue weighted by Crippen LogP contribution is 2.34. The van der Waals surface area contributed by atoms with Gasteiger partial charge in [0.15, 0.2) is 0 Å². The summed E-state index contributed by atoms with van der Waals surface area (Å²) >= 11 is 0. The van der Waals surface area contributed by atoms with Crippen LogP contribution >= 0.6 is 12.4 Å². The van der Waals surface area contributed by atoms with E-state index in [1.807, 2.05) is 0 Å². The summed E-state index contributed by atoms with van der Waals surface area (Å²) in [5.74, 6) is 1.16. The Labute approximate surface area is 145 Å². The van der Waals surface area contributed by atoms with Gasteiger partial charge < -0.3 is 11.1 Å². The molecule has 2 aliphatic rings. The SMILES string of the molecule is Cl.NCC(NC(=O)CC1CCCc2ccccc21)C1CCCC1. The van der Waals surface area contributed by atoms with Gasteiger partial charge in [-0.05, 0) is 55.1 Å². The topological polar surface area (TPSA) is 55.1 Å². The summed E-state index contributed by atoms with van der Waals surface area (Å²) in [7, 11) is 0. The molecule has 1 aromatic carbocycles. The van der Waals surface area contributed by atoms with Crippen LogP contribution in [0, 0.1) is 5.92 Å². The fourth-order valence-corrected chi connectivity index (χ4v) is 4.29. The Morgan fingerprint density at radius 3 is 2.65 bits per heavy atom. The molecule has 1 amide bonds. The molecule has 128 valence electrons. The van der Waals surface area contributed by atoms with Gasteiger partial charge in [-0.2, -0.15) is 0 Å². The zero-order valence-electron chi connectivity index (χ0n) is 13.8. The number of rotatable bonds is 5. The predicted molar refractivity (Wildman–Crippen MR) is 96.9 cm³/mol. The Balaban J connectivity index is 0.00000192. The Bertz CT molecular complexity index is 514. The van der Waals surface area contributed by atoms with Crippen LogP contribution in [0.2, 0.25) is 0 Å². The van der Waals surface area contributed by atoms with E-state index in [0.717, 1.165) is 12.8 Å². The summed E-state index contributed by atoms with van der Waals surface area (Å²) in [5, 5.41) is 3.22. The normalized spacial score (nSPS) is 22.0. The van der Waals surface area contributed by atoms with Crippen molar-refractivity contribution in [1.82, 2.24) is 5.32 Å². The molecule has 0 radical (unpaired) electrons. The van der Waals surface area contributed by atoms with Crippen LogP contribution in [0.3, 0.4) is 0 Å². The maximum atomic E-state index is 12.5. The summed E-state index contributed by atoms with van der Waals surface area (Å²) < 4.78 is 0. The first-order valence-corrected chi connectivity index (χ1v) is 8.85. The molecular formula is C19H29ClN2O. The molecule has 0 saturated heterocycles. The first-order chi connectivity index (χ1) is 10.8. The lowest BCUT2D eigenvalue weighted by atomic mass is 9.81. The van der Waals surface area contributed by atoms with Crippen LogP contribution in [0.15, 0.2) is 24.3 Å². The van der Waals surface area contributed by atoms with E-state index >= 15 is 0 Å². The molecule has 1 fully saturated rings. The van der Waals surface area contributed by atoms with Gasteiger partial charge in [-0.1, -0.05) is 37.1 Å². The van der Waals surface area contributed by atoms with Crippen molar-refractivity contribution in [2.45, 2.75) is 63.3 Å². The van der Waals surface area contributed by atoms with Gasteiger partial charge in [-0.25, -0.2) is 0 Å². The molecule has 0 aromatic heterocycles. The van der Waals surface area contributed by atoms with E-state index in [1.165, 1.54) is 43.2 Å². The van der Waals surface area contributed by atoms with E-state index in [9.17, 15) is 4.79 Å². The van der Waals surface area contributed by atoms with Crippen LogP contribution < -0.4 is 11.1 Å². The molecule has 3 rings (SSSR count). The second-order valence-corrected chi connectivity index (χ2v) is 6.95. The fourth-order valence-electron chi connectivity index (χ4n) is 4.29. The lowest BCUT2D eigenvalue weighted by Crippen LogP contribution is -2.45. The number of benzene rings is 1. The van der Waals surface area contributed by atoms with E-state index in [2.05, 4.69) is 29.6 Å². The van der Waals surface area contributed by atoms with Crippen molar-refractivity contribution >= 4 is 18.3 Å². The van der Waals surface area contributed by atoms with Crippen LogP contribution in [0.4, 0.5) is 0 Å². The van der Waals surface area contributed by atoms with Crippen molar-refractivity contribution in [3.8, 4) is 0 Å². The summed E-state index contributed by atoms with van der Waals surface area (Å²) in [6.07, 6.45) is 9.09. The molecule has 4 heteroatoms. The number of nitrogens with two attached hydrogens (primary N) is 1. The minimum atomic E-state index is 0. The largest absolute Gasteiger partial charge is 0.352 e. The lowest BCUT2D eigenvalue weighted by Gasteiger charge is -2.27. The van der Waals surface area contributed by atoms with E-state index in [-0.39, 0.29) is 24.4 Å². The molecule has 2 unspecified atom stereocenters. The van der Waals surface area contributed by atoms with Gasteiger partial charge in [0.1, 0.15) is 0 Å². The highest BCUT2D eigenvalue weighted by atomic mass is 35.5. The molecule has 1 aromatic rings. The maximum Gasteiger partial charge on any atom is 0.220 e. The Morgan fingerprint density at radius 2 is 1.91 bits per heavy atom. The van der Waals surface area contributed by atoms with Crippen LogP contribution in [0.5, 0.6) is 0 Å². The fraction of sp³-hybridized carbons (Fsp3) is 0.632. The van der Waals surface area contributed by atoms with E-state index in [0.29, 0.717) is 24.8 Å². The molecular weight excluding hydrogens is 308 g/mol. The van der Waals surface area contributed by atoms with Gasteiger partial charge in [0.2, 0.25) is 5.91 Å². The van der Waals surface area contributed by atoms with Crippen molar-refractivity contribution in [2.75, 3.05) is 6.54 Å². The summed E-state index contributed by atoms with van der Waals surface area (Å²) in [5.41, 5.74) is 8.71. The van der Waals surface area contributed by atoms with Gasteiger partial charge in [0.05, 0.1) is 0 Å². The number of hydrogen-bond donors (Lipinski definition) is 2. The van der Waals surface area contributed by atoms with E-state index in [4.69, 9.17) is 5.73 Å². The van der Waals surface area contributed by atoms with Crippen LogP contribution in [-0.2, 0) is 11.2 Å². The lowest BCUT2D eigenvalue weighted by molar-refractivity contribution is -0.122. The average molecular weight is 337 g/mol. The van der Waals surface area contributed by atoms with Gasteiger partial charge in [-0.3, -0.25) is 4.79 Å². The van der Waals surface area contributed by atoms with Crippen LogP contribution in [-0.4, -0.2) is 18.5 Å². The van der Waals surface area contributed by atoms with Crippen molar-refractivity contribution < 1.29 is 4.79 Å². The first kappa shape index (κ1) is 18.3. The average Bonchev–Trinajstić information content (AvgIpc) is 3.07. The molecule has 2 aliphatic carbocycles. The minimum absolute atomic E-state index is 0. The highest BCUT2D eigenvalue weighted by molar-refractivity contribution is 5.85. The first-order valence-electron chi connectivity index (χ1n) is 8.85. The van der Waals surface area contributed by atoms with Crippen LogP contribution in [0.25, 0.3) is 0 Å². The molecule has 3 N–H and O–H groups in total. The van der Waals surface area contributed by atoms with Gasteiger partial charge in [0, 0.05) is 19.0 Å². The molecule has 0 spiro atoms. The quantitative estimate of drug-likeness (QED) is 0.863. The molecule has 2 atom stereocenters. The summed E-state index contributed by atoms with van der Waals surface area (Å²) in [4.78, 5) is 12.5. The van der Waals surface area contributed by atoms with Crippen molar-refractivity contribution in [1.29, 1.82) is 0 Å². The number of carbonyl (C=O) groups excluding carboxylic acids is 1. The monoisotopic (exact) mass is 336 g/mol. The minimum Gasteiger partial charge on any atom is -0.352 e. The molecule has 23 heavy (non-hydrogen) atoms. The maximum absolute atomic E-state index is 12.5. The predicted octanol–water partition coefficient (Wildman–Crippen LogP) is 3.55. The summed E-state index contributed by atoms with van der Waals surface area (Å²) in [6, 6.07) is 8.78. The highest BCUT2D eigenvalue weighted by Gasteiger charge is 2.27. The Hall–Kier alpha value is -1.06. The molecule has 0 bridgehead atoms. The number of aryl methyl sites for hydroxylation is 1. The number of nitrogens with one attached hydrogen (secondary N) is 1. The van der Waals surface area contributed by atoms with Gasteiger partial charge in [0.25, 0.3) is 0 Å². The van der Waals surface area contributed by atoms with Crippen LogP contribution in [0.1, 0.15) is 62.0 Å². The Kier molecular flexibility index (Phi) is 6.91. The smallest absolute Gasteiger partial charge is 0.220 e. The van der Waals surface area contributed by atoms with Crippen molar-refractivity contribution in [3.05, 3.63) is 35.4 Å². The third-order valence-electron chi connectivity index (χ3n) is 5.49. The number of fused-ring (bicyclic) bond motifs is 1. The third-order valence-corrected chi connectivity index (χ3v) is 5.49. The number of amides is 1. The zero-order chi connectivity index (χ0) is 15.4. The van der Waals surface area contributed by atoms with Crippen molar-refractivity contribution in [3.63, 3.8) is 0 Å². The zero-order valence-corrected chi connectivity index (χ0v) is 14.6. The van der Waals surface area contributed by atoms with E-state index in [1.54, 1.807) is 0 Å². The summed E-state index contributed by atoms with van der Waals surface area (Å²) in [6.45, 7) is 0.567. The molecule has 1 saturated carbocycles. The van der Waals surface area contributed by atoms with Crippen molar-refractivity contribution in [2.24, 2.45) is 11.7 Å². The van der Waals surface area contributed by atoms with Gasteiger partial charge >= 0.3 is 0 Å². The van der Waals surface area contributed by atoms with E-state index < -0.39 is 0 Å². The number of carbonyl (C=O) groups is 1. The second-order valence-electron chi connectivity index (χ2n) is 6.95.